The van der Waals surface area contributed by atoms with E-state index < -0.39 is 6.23 Å². The Bertz CT molecular complexity index is 1230. The number of pyridine rings is 1. The van der Waals surface area contributed by atoms with Crippen molar-refractivity contribution in [1.29, 1.82) is 0 Å². The zero-order chi connectivity index (χ0) is 24.4. The van der Waals surface area contributed by atoms with Gasteiger partial charge in [0.25, 0.3) is 0 Å². The summed E-state index contributed by atoms with van der Waals surface area (Å²) in [6, 6.07) is 7.21. The predicted octanol–water partition coefficient (Wildman–Crippen LogP) is 2.92. The standard InChI is InChI=1S/C22H26ClIN6O4/c1-12-9-29(10-13(2)34-12)22-26-8-16(23)20(28-22)27-15-4-5-17-14(6-15)7-18(21(32)30(17)24)33-11-19(31)25-3/h4-8,12-13,19,25,31H,9-11H2,1-3H3,(H,26,27,28). The van der Waals surface area contributed by atoms with Gasteiger partial charge in [-0.05, 0) is 45.2 Å². The van der Waals surface area contributed by atoms with Gasteiger partial charge in [-0.3, -0.25) is 10.1 Å². The Kier molecular flexibility index (Phi) is 7.77. The lowest BCUT2D eigenvalue weighted by Crippen LogP contribution is -2.46. The fourth-order valence-corrected chi connectivity index (χ4v) is 4.58. The van der Waals surface area contributed by atoms with Gasteiger partial charge in [-0.1, -0.05) is 11.6 Å². The number of halogens is 2. The van der Waals surface area contributed by atoms with Crippen LogP contribution in [0.4, 0.5) is 17.5 Å². The van der Waals surface area contributed by atoms with E-state index >= 15 is 0 Å². The van der Waals surface area contributed by atoms with Gasteiger partial charge in [-0.2, -0.15) is 4.98 Å². The molecule has 1 aliphatic heterocycles. The van der Waals surface area contributed by atoms with E-state index in [1.54, 1.807) is 19.3 Å². The molecule has 3 aromatic rings. The minimum atomic E-state index is -0.877. The number of morpholine rings is 1. The maximum atomic E-state index is 12.6. The van der Waals surface area contributed by atoms with Crippen molar-refractivity contribution in [2.75, 3.05) is 37.0 Å². The van der Waals surface area contributed by atoms with Crippen LogP contribution in [0.1, 0.15) is 13.8 Å². The molecule has 10 nitrogen and oxygen atoms in total. The number of ether oxygens (including phenoxy) is 2. The van der Waals surface area contributed by atoms with Crippen LogP contribution in [0.25, 0.3) is 10.9 Å². The van der Waals surface area contributed by atoms with Crippen LogP contribution in [0.2, 0.25) is 5.02 Å². The summed E-state index contributed by atoms with van der Waals surface area (Å²) >= 11 is 8.33. The maximum Gasteiger partial charge on any atom is 0.302 e. The number of hydrogen-bond donors (Lipinski definition) is 3. The molecule has 2 aromatic heterocycles. The number of fused-ring (bicyclic) bond motifs is 1. The average Bonchev–Trinajstić information content (AvgIpc) is 2.81. The van der Waals surface area contributed by atoms with Crippen molar-refractivity contribution in [3.63, 3.8) is 0 Å². The summed E-state index contributed by atoms with van der Waals surface area (Å²) in [6.07, 6.45) is 0.865. The molecule has 3 heterocycles. The lowest BCUT2D eigenvalue weighted by molar-refractivity contribution is -0.00571. The molecule has 1 aliphatic rings. The number of likely N-dealkylation sites (N-methyl/N-ethyl adjacent to an activating group) is 1. The van der Waals surface area contributed by atoms with Crippen molar-refractivity contribution in [2.45, 2.75) is 32.3 Å². The molecule has 0 radical (unpaired) electrons. The van der Waals surface area contributed by atoms with Crippen LogP contribution in [0.5, 0.6) is 5.75 Å². The molecule has 12 heteroatoms. The third kappa shape index (κ3) is 5.54. The Hall–Kier alpha value is -2.19. The summed E-state index contributed by atoms with van der Waals surface area (Å²) in [7, 11) is 1.60. The minimum absolute atomic E-state index is 0.0517. The minimum Gasteiger partial charge on any atom is -0.484 e. The quantitative estimate of drug-likeness (QED) is 0.278. The van der Waals surface area contributed by atoms with E-state index in [2.05, 4.69) is 25.5 Å². The molecule has 1 aromatic carbocycles. The van der Waals surface area contributed by atoms with Crippen LogP contribution >= 0.6 is 34.5 Å². The van der Waals surface area contributed by atoms with Crippen LogP contribution in [-0.2, 0) is 4.74 Å². The van der Waals surface area contributed by atoms with Gasteiger partial charge in [0.05, 0.1) is 46.8 Å². The van der Waals surface area contributed by atoms with E-state index in [1.165, 1.54) is 2.78 Å². The second kappa shape index (κ2) is 10.6. The van der Waals surface area contributed by atoms with E-state index in [1.807, 2.05) is 54.9 Å². The van der Waals surface area contributed by atoms with Crippen molar-refractivity contribution >= 4 is 62.8 Å². The predicted molar refractivity (Wildman–Crippen MR) is 141 cm³/mol. The number of anilines is 3. The van der Waals surface area contributed by atoms with Gasteiger partial charge in [0.1, 0.15) is 17.9 Å². The van der Waals surface area contributed by atoms with E-state index in [0.29, 0.717) is 29.9 Å². The Morgan fingerprint density at radius 1 is 1.32 bits per heavy atom. The smallest absolute Gasteiger partial charge is 0.302 e. The number of benzene rings is 1. The number of rotatable bonds is 7. The third-order valence-electron chi connectivity index (χ3n) is 5.34. The van der Waals surface area contributed by atoms with Crippen molar-refractivity contribution in [2.24, 2.45) is 0 Å². The number of aromatic nitrogens is 3. The van der Waals surface area contributed by atoms with E-state index in [-0.39, 0.29) is 30.1 Å². The number of nitrogens with one attached hydrogen (secondary N) is 2. The number of aliphatic hydroxyl groups is 1. The first-order chi connectivity index (χ1) is 16.2. The Morgan fingerprint density at radius 3 is 2.76 bits per heavy atom. The molecular formula is C22H26ClIN6O4. The molecule has 1 fully saturated rings. The Labute approximate surface area is 215 Å². The second-order valence-corrected chi connectivity index (χ2v) is 9.51. The molecule has 0 saturated carbocycles. The summed E-state index contributed by atoms with van der Waals surface area (Å²) in [4.78, 5) is 23.7. The van der Waals surface area contributed by atoms with Crippen LogP contribution in [0.3, 0.4) is 0 Å². The van der Waals surface area contributed by atoms with Gasteiger partial charge < -0.3 is 24.8 Å². The second-order valence-electron chi connectivity index (χ2n) is 8.14. The van der Waals surface area contributed by atoms with Crippen LogP contribution in [0.15, 0.2) is 35.3 Å². The monoisotopic (exact) mass is 600 g/mol. The summed E-state index contributed by atoms with van der Waals surface area (Å²) in [5.74, 6) is 1.20. The van der Waals surface area contributed by atoms with Crippen molar-refractivity contribution in [3.8, 4) is 5.75 Å². The van der Waals surface area contributed by atoms with Gasteiger partial charge >= 0.3 is 5.56 Å². The lowest BCUT2D eigenvalue weighted by Gasteiger charge is -2.35. The van der Waals surface area contributed by atoms with Gasteiger partial charge in [0, 0.05) is 24.2 Å². The highest BCUT2D eigenvalue weighted by Gasteiger charge is 2.24. The molecule has 0 spiro atoms. The number of hydrogen-bond acceptors (Lipinski definition) is 9. The molecule has 34 heavy (non-hydrogen) atoms. The third-order valence-corrected chi connectivity index (χ3v) is 6.58. The topological polar surface area (TPSA) is 114 Å². The molecular weight excluding hydrogens is 575 g/mol. The van der Waals surface area contributed by atoms with Gasteiger partial charge in [-0.15, -0.1) is 0 Å². The fourth-order valence-electron chi connectivity index (χ4n) is 3.77. The molecule has 3 unspecified atom stereocenters. The van der Waals surface area contributed by atoms with Gasteiger partial charge in [0.15, 0.2) is 11.6 Å². The summed E-state index contributed by atoms with van der Waals surface area (Å²) in [5, 5.41) is 16.8. The Morgan fingerprint density at radius 2 is 2.06 bits per heavy atom. The molecule has 3 N–H and O–H groups in total. The van der Waals surface area contributed by atoms with Crippen LogP contribution in [0, 0.1) is 0 Å². The number of nitrogens with zero attached hydrogens (tertiary/aromatic N) is 4. The molecule has 3 atom stereocenters. The van der Waals surface area contributed by atoms with Crippen molar-refractivity contribution in [3.05, 3.63) is 45.8 Å². The molecule has 182 valence electrons. The molecule has 0 aliphatic carbocycles. The summed E-state index contributed by atoms with van der Waals surface area (Å²) < 4.78 is 12.8. The lowest BCUT2D eigenvalue weighted by atomic mass is 10.2. The molecule has 1 saturated heterocycles. The fraction of sp³-hybridized carbons (Fsp3) is 0.409. The average molecular weight is 601 g/mol. The van der Waals surface area contributed by atoms with E-state index in [0.717, 1.165) is 16.6 Å². The van der Waals surface area contributed by atoms with E-state index in [4.69, 9.17) is 21.1 Å². The molecule has 0 bridgehead atoms. The SMILES string of the molecule is CNC(O)COc1cc2cc(Nc3nc(N4CC(C)OC(C)C4)ncc3Cl)ccc2n(I)c1=O. The summed E-state index contributed by atoms with van der Waals surface area (Å²) in [6.45, 7) is 5.39. The first-order valence-electron chi connectivity index (χ1n) is 10.8. The van der Waals surface area contributed by atoms with Crippen molar-refractivity contribution < 1.29 is 14.6 Å². The molecule has 0 amide bonds. The highest BCUT2D eigenvalue weighted by atomic mass is 127. The van der Waals surface area contributed by atoms with Crippen molar-refractivity contribution in [1.82, 2.24) is 18.1 Å². The normalized spacial score (nSPS) is 19.3. The largest absolute Gasteiger partial charge is 0.484 e. The first-order valence-corrected chi connectivity index (χ1v) is 12.1. The Balaban J connectivity index is 1.62. The van der Waals surface area contributed by atoms with Gasteiger partial charge in [-0.25, -0.2) is 7.76 Å². The molecule has 4 rings (SSSR count). The first kappa shape index (κ1) is 24.9. The highest BCUT2D eigenvalue weighted by molar-refractivity contribution is 14.1. The zero-order valence-corrected chi connectivity index (χ0v) is 21.9. The van der Waals surface area contributed by atoms with E-state index in [9.17, 15) is 9.90 Å². The van der Waals surface area contributed by atoms with Crippen LogP contribution < -0.4 is 25.8 Å². The van der Waals surface area contributed by atoms with Gasteiger partial charge in [0.2, 0.25) is 5.95 Å². The highest BCUT2D eigenvalue weighted by Crippen LogP contribution is 2.29. The zero-order valence-electron chi connectivity index (χ0n) is 19.0. The van der Waals surface area contributed by atoms with Crippen LogP contribution in [-0.4, -0.2) is 63.0 Å². The summed E-state index contributed by atoms with van der Waals surface area (Å²) in [5.41, 5.74) is 1.16. The maximum absolute atomic E-state index is 12.6. The number of aliphatic hydroxyl groups excluding tert-OH is 1.